The molecule has 5 heteroatoms. The summed E-state index contributed by atoms with van der Waals surface area (Å²) in [5.41, 5.74) is 0.117. The number of nitrogens with zero attached hydrogens (tertiary/aromatic N) is 3. The van der Waals surface area contributed by atoms with E-state index in [-0.39, 0.29) is 11.5 Å². The van der Waals surface area contributed by atoms with Gasteiger partial charge >= 0.3 is 0 Å². The zero-order chi connectivity index (χ0) is 12.6. The fraction of sp³-hybridized carbons (Fsp3) is 0.846. The maximum Gasteiger partial charge on any atom is 0.232 e. The molecule has 2 fully saturated rings. The molecule has 0 aromatic carbocycles. The molecule has 1 atom stereocenters. The maximum atomic E-state index is 5.54. The summed E-state index contributed by atoms with van der Waals surface area (Å²) in [7, 11) is 2.12. The first-order valence-corrected chi connectivity index (χ1v) is 6.94. The van der Waals surface area contributed by atoms with Crippen molar-refractivity contribution in [2.75, 3.05) is 26.7 Å². The largest absolute Gasteiger partial charge is 0.339 e. The summed E-state index contributed by atoms with van der Waals surface area (Å²) in [6.45, 7) is 5.23. The molecular weight excluding hydrogens is 228 g/mol. The van der Waals surface area contributed by atoms with E-state index >= 15 is 0 Å². The monoisotopic (exact) mass is 250 g/mol. The highest BCUT2D eigenvalue weighted by atomic mass is 16.5. The number of piperazine rings is 1. The van der Waals surface area contributed by atoms with E-state index in [1.54, 1.807) is 0 Å². The minimum absolute atomic E-state index is 0.117. The van der Waals surface area contributed by atoms with Crippen molar-refractivity contribution < 1.29 is 4.52 Å². The van der Waals surface area contributed by atoms with Gasteiger partial charge in [0.25, 0.3) is 0 Å². The predicted octanol–water partition coefficient (Wildman–Crippen LogP) is 1.48. The molecule has 0 spiro atoms. The van der Waals surface area contributed by atoms with E-state index < -0.39 is 0 Å². The van der Waals surface area contributed by atoms with Gasteiger partial charge < -0.3 is 9.84 Å². The van der Waals surface area contributed by atoms with E-state index in [0.717, 1.165) is 31.3 Å². The molecule has 1 unspecified atom stereocenters. The summed E-state index contributed by atoms with van der Waals surface area (Å²) >= 11 is 0. The van der Waals surface area contributed by atoms with Gasteiger partial charge in [0, 0.05) is 25.0 Å². The second-order valence-electron chi connectivity index (χ2n) is 5.93. The first kappa shape index (κ1) is 12.1. The van der Waals surface area contributed by atoms with Gasteiger partial charge in [0.2, 0.25) is 5.89 Å². The van der Waals surface area contributed by atoms with Crippen LogP contribution in [0.5, 0.6) is 0 Å². The molecule has 1 saturated heterocycles. The lowest BCUT2D eigenvalue weighted by atomic mass is 9.89. The lowest BCUT2D eigenvalue weighted by Crippen LogP contribution is -2.44. The van der Waals surface area contributed by atoms with Gasteiger partial charge in [-0.05, 0) is 19.9 Å². The van der Waals surface area contributed by atoms with Crippen LogP contribution in [0.25, 0.3) is 0 Å². The fourth-order valence-electron chi connectivity index (χ4n) is 3.08. The Morgan fingerprint density at radius 2 is 2.17 bits per heavy atom. The van der Waals surface area contributed by atoms with Crippen molar-refractivity contribution in [2.45, 2.75) is 44.1 Å². The van der Waals surface area contributed by atoms with Crippen LogP contribution in [0.15, 0.2) is 4.52 Å². The van der Waals surface area contributed by atoms with Gasteiger partial charge in [0.15, 0.2) is 5.82 Å². The Kier molecular flexibility index (Phi) is 3.11. The summed E-state index contributed by atoms with van der Waals surface area (Å²) in [5.74, 6) is 1.68. The maximum absolute atomic E-state index is 5.54. The average molecular weight is 250 g/mol. The van der Waals surface area contributed by atoms with Crippen LogP contribution in [0.3, 0.4) is 0 Å². The van der Waals surface area contributed by atoms with Crippen LogP contribution in [0.4, 0.5) is 0 Å². The van der Waals surface area contributed by atoms with Gasteiger partial charge in [-0.3, -0.25) is 4.90 Å². The Balaban J connectivity index is 1.80. The highest BCUT2D eigenvalue weighted by Gasteiger charge is 2.37. The van der Waals surface area contributed by atoms with E-state index in [9.17, 15) is 0 Å². The number of rotatable bonds is 2. The van der Waals surface area contributed by atoms with Crippen LogP contribution in [-0.4, -0.2) is 41.7 Å². The van der Waals surface area contributed by atoms with Crippen molar-refractivity contribution >= 4 is 0 Å². The molecule has 0 amide bonds. The molecule has 2 heterocycles. The van der Waals surface area contributed by atoms with Crippen LogP contribution < -0.4 is 5.32 Å². The number of likely N-dealkylation sites (N-methyl/N-ethyl adjacent to an activating group) is 1. The Morgan fingerprint density at radius 1 is 1.39 bits per heavy atom. The quantitative estimate of drug-likeness (QED) is 0.861. The third-order valence-electron chi connectivity index (χ3n) is 4.47. The van der Waals surface area contributed by atoms with Crippen molar-refractivity contribution in [1.82, 2.24) is 20.4 Å². The third-order valence-corrected chi connectivity index (χ3v) is 4.47. The minimum Gasteiger partial charge on any atom is -0.339 e. The average Bonchev–Trinajstić information content (AvgIpc) is 2.99. The second kappa shape index (κ2) is 4.63. The van der Waals surface area contributed by atoms with Gasteiger partial charge in [-0.25, -0.2) is 0 Å². The lowest BCUT2D eigenvalue weighted by molar-refractivity contribution is 0.190. The summed E-state index contributed by atoms with van der Waals surface area (Å²) in [6, 6.07) is 0.251. The van der Waals surface area contributed by atoms with E-state index in [4.69, 9.17) is 4.52 Å². The van der Waals surface area contributed by atoms with Crippen LogP contribution >= 0.6 is 0 Å². The minimum atomic E-state index is 0.117. The topological polar surface area (TPSA) is 54.2 Å². The summed E-state index contributed by atoms with van der Waals surface area (Å²) in [4.78, 5) is 6.97. The molecule has 100 valence electrons. The summed E-state index contributed by atoms with van der Waals surface area (Å²) in [5, 5.41) is 7.60. The molecule has 1 aliphatic heterocycles. The number of nitrogens with one attached hydrogen (secondary N) is 1. The van der Waals surface area contributed by atoms with E-state index in [1.165, 1.54) is 25.7 Å². The number of aromatic nitrogens is 2. The van der Waals surface area contributed by atoms with Gasteiger partial charge in [0.05, 0.1) is 6.04 Å². The van der Waals surface area contributed by atoms with Crippen molar-refractivity contribution in [3.63, 3.8) is 0 Å². The van der Waals surface area contributed by atoms with Crippen molar-refractivity contribution in [3.05, 3.63) is 11.7 Å². The lowest BCUT2D eigenvalue weighted by Gasteiger charge is -2.30. The zero-order valence-electron chi connectivity index (χ0n) is 11.3. The molecule has 1 aromatic rings. The molecule has 0 bridgehead atoms. The van der Waals surface area contributed by atoms with Crippen LogP contribution in [-0.2, 0) is 5.41 Å². The molecule has 0 radical (unpaired) electrons. The standard InChI is InChI=1S/C13H22N4O/c1-13(5-3-4-6-13)12-15-11(16-18-12)10-9-14-7-8-17(10)2/h10,14H,3-9H2,1-2H3. The molecule has 5 nitrogen and oxygen atoms in total. The Bertz CT molecular complexity index is 411. The summed E-state index contributed by atoms with van der Waals surface area (Å²) < 4.78 is 5.54. The third kappa shape index (κ3) is 2.06. The fourth-order valence-corrected chi connectivity index (χ4v) is 3.08. The van der Waals surface area contributed by atoms with E-state index in [1.807, 2.05) is 0 Å². The van der Waals surface area contributed by atoms with Crippen molar-refractivity contribution in [3.8, 4) is 0 Å². The molecule has 1 N–H and O–H groups in total. The van der Waals surface area contributed by atoms with Gasteiger partial charge in [0.1, 0.15) is 0 Å². The smallest absolute Gasteiger partial charge is 0.232 e. The van der Waals surface area contributed by atoms with Gasteiger partial charge in [-0.2, -0.15) is 4.98 Å². The van der Waals surface area contributed by atoms with Crippen LogP contribution in [0, 0.1) is 0 Å². The molecule has 18 heavy (non-hydrogen) atoms. The van der Waals surface area contributed by atoms with E-state index in [0.29, 0.717) is 0 Å². The Morgan fingerprint density at radius 3 is 2.89 bits per heavy atom. The van der Waals surface area contributed by atoms with Gasteiger partial charge in [-0.15, -0.1) is 0 Å². The Hall–Kier alpha value is -0.940. The highest BCUT2D eigenvalue weighted by Crippen LogP contribution is 2.40. The van der Waals surface area contributed by atoms with Crippen LogP contribution in [0.1, 0.15) is 50.4 Å². The first-order valence-electron chi connectivity index (χ1n) is 6.94. The van der Waals surface area contributed by atoms with E-state index in [2.05, 4.69) is 34.3 Å². The highest BCUT2D eigenvalue weighted by molar-refractivity contribution is 5.08. The van der Waals surface area contributed by atoms with Gasteiger partial charge in [-0.1, -0.05) is 24.9 Å². The number of hydrogen-bond donors (Lipinski definition) is 1. The molecule has 1 aromatic heterocycles. The molecule has 2 aliphatic rings. The van der Waals surface area contributed by atoms with Crippen molar-refractivity contribution in [1.29, 1.82) is 0 Å². The predicted molar refractivity (Wildman–Crippen MR) is 68.4 cm³/mol. The second-order valence-corrected chi connectivity index (χ2v) is 5.93. The molecule has 3 rings (SSSR count). The Labute approximate surface area is 108 Å². The normalized spacial score (nSPS) is 28.7. The molecular formula is C13H22N4O. The first-order chi connectivity index (χ1) is 8.69. The molecule has 1 saturated carbocycles. The van der Waals surface area contributed by atoms with Crippen molar-refractivity contribution in [2.24, 2.45) is 0 Å². The summed E-state index contributed by atoms with van der Waals surface area (Å²) in [6.07, 6.45) is 4.90. The zero-order valence-corrected chi connectivity index (χ0v) is 11.3. The van der Waals surface area contributed by atoms with Crippen LogP contribution in [0.2, 0.25) is 0 Å². The molecule has 1 aliphatic carbocycles. The SMILES string of the molecule is CN1CCNCC1c1noc(C2(C)CCCC2)n1. The number of hydrogen-bond acceptors (Lipinski definition) is 5.